The SMILES string of the molecule is Cn1ccc(C(=O)N2CC[C@]3(C[C@H](Oc4ncccc4F)CO3)C2)n1.O=C(O)C(F)(F)F. The van der Waals surface area contributed by atoms with Crippen LogP contribution in [-0.2, 0) is 16.6 Å². The lowest BCUT2D eigenvalue weighted by atomic mass is 9.98. The quantitative estimate of drug-likeness (QED) is 0.699. The van der Waals surface area contributed by atoms with Crippen LogP contribution in [0.5, 0.6) is 5.88 Å². The molecule has 0 radical (unpaired) electrons. The van der Waals surface area contributed by atoms with Crippen molar-refractivity contribution in [2.24, 2.45) is 7.05 Å². The lowest BCUT2D eigenvalue weighted by Gasteiger charge is -2.22. The molecule has 4 rings (SSSR count). The number of ether oxygens (including phenoxy) is 2. The zero-order valence-corrected chi connectivity index (χ0v) is 16.9. The van der Waals surface area contributed by atoms with E-state index in [0.29, 0.717) is 31.8 Å². The predicted octanol–water partition coefficient (Wildman–Crippen LogP) is 2.04. The summed E-state index contributed by atoms with van der Waals surface area (Å²) in [6.07, 6.45) is -0.775. The van der Waals surface area contributed by atoms with Crippen LogP contribution in [0.2, 0.25) is 0 Å². The van der Waals surface area contributed by atoms with Gasteiger partial charge in [-0.1, -0.05) is 0 Å². The molecule has 0 aromatic carbocycles. The van der Waals surface area contributed by atoms with Crippen LogP contribution in [0.4, 0.5) is 17.6 Å². The molecule has 2 fully saturated rings. The van der Waals surface area contributed by atoms with Crippen LogP contribution < -0.4 is 4.74 Å². The average molecular weight is 460 g/mol. The Kier molecular flexibility index (Phi) is 6.67. The number of amides is 1. The number of nitrogens with zero attached hydrogens (tertiary/aromatic N) is 4. The second kappa shape index (κ2) is 9.10. The van der Waals surface area contributed by atoms with Crippen molar-refractivity contribution in [2.45, 2.75) is 30.7 Å². The fourth-order valence-electron chi connectivity index (χ4n) is 3.49. The number of carboxylic acid groups (broad SMARTS) is 1. The summed E-state index contributed by atoms with van der Waals surface area (Å²) in [5.74, 6) is -3.34. The summed E-state index contributed by atoms with van der Waals surface area (Å²) in [7, 11) is 1.78. The van der Waals surface area contributed by atoms with Crippen molar-refractivity contribution in [1.82, 2.24) is 19.7 Å². The number of hydrogen-bond donors (Lipinski definition) is 1. The van der Waals surface area contributed by atoms with Gasteiger partial charge in [0.1, 0.15) is 11.8 Å². The topological polar surface area (TPSA) is 107 Å². The Morgan fingerprint density at radius 1 is 1.34 bits per heavy atom. The lowest BCUT2D eigenvalue weighted by molar-refractivity contribution is -0.192. The molecular weight excluding hydrogens is 440 g/mol. The summed E-state index contributed by atoms with van der Waals surface area (Å²) in [5.41, 5.74) is 0.00120. The minimum atomic E-state index is -5.08. The third kappa shape index (κ3) is 5.52. The minimum absolute atomic E-state index is 0.00688. The third-order valence-corrected chi connectivity index (χ3v) is 4.96. The van der Waals surface area contributed by atoms with Crippen molar-refractivity contribution in [3.63, 3.8) is 0 Å². The molecule has 0 unspecified atom stereocenters. The highest BCUT2D eigenvalue weighted by molar-refractivity contribution is 5.92. The lowest BCUT2D eigenvalue weighted by Crippen LogP contribution is -2.36. The number of alkyl halides is 3. The zero-order valence-electron chi connectivity index (χ0n) is 16.9. The van der Waals surface area contributed by atoms with Crippen LogP contribution in [-0.4, -0.2) is 74.2 Å². The number of aromatic nitrogens is 3. The average Bonchev–Trinajstić information content (AvgIpc) is 3.44. The van der Waals surface area contributed by atoms with Gasteiger partial charge in [-0.25, -0.2) is 14.2 Å². The summed E-state index contributed by atoms with van der Waals surface area (Å²) >= 11 is 0. The number of carbonyl (C=O) groups excluding carboxylic acids is 1. The van der Waals surface area contributed by atoms with Crippen LogP contribution in [0.1, 0.15) is 23.3 Å². The van der Waals surface area contributed by atoms with Crippen molar-refractivity contribution in [2.75, 3.05) is 19.7 Å². The second-order valence-corrected chi connectivity index (χ2v) is 7.38. The Hall–Kier alpha value is -3.22. The van der Waals surface area contributed by atoms with Gasteiger partial charge in [-0.2, -0.15) is 18.3 Å². The first-order chi connectivity index (χ1) is 15.0. The fourth-order valence-corrected chi connectivity index (χ4v) is 3.49. The predicted molar refractivity (Wildman–Crippen MR) is 99.3 cm³/mol. The Bertz CT molecular complexity index is 983. The van der Waals surface area contributed by atoms with Gasteiger partial charge >= 0.3 is 12.1 Å². The molecule has 2 aromatic rings. The number of halogens is 4. The molecule has 1 spiro atoms. The van der Waals surface area contributed by atoms with Crippen LogP contribution in [0.3, 0.4) is 0 Å². The molecule has 0 saturated carbocycles. The van der Waals surface area contributed by atoms with Gasteiger partial charge in [0.15, 0.2) is 5.82 Å². The van der Waals surface area contributed by atoms with Gasteiger partial charge in [-0.05, 0) is 24.6 Å². The number of pyridine rings is 1. The first-order valence-electron chi connectivity index (χ1n) is 9.49. The number of likely N-dealkylation sites (tertiary alicyclic amines) is 1. The number of carboxylic acids is 1. The van der Waals surface area contributed by atoms with Crippen molar-refractivity contribution >= 4 is 11.9 Å². The van der Waals surface area contributed by atoms with Crippen LogP contribution in [0, 0.1) is 5.82 Å². The van der Waals surface area contributed by atoms with E-state index in [9.17, 15) is 22.4 Å². The Balaban J connectivity index is 0.000000360. The normalized spacial score (nSPS) is 22.5. The highest BCUT2D eigenvalue weighted by Crippen LogP contribution is 2.37. The maximum atomic E-state index is 13.7. The molecule has 1 N–H and O–H groups in total. The molecule has 0 bridgehead atoms. The summed E-state index contributed by atoms with van der Waals surface area (Å²) in [6, 6.07) is 4.54. The Labute approximate surface area is 179 Å². The molecule has 0 aliphatic carbocycles. The first kappa shape index (κ1) is 23.4. The molecule has 2 aliphatic heterocycles. The zero-order chi connectivity index (χ0) is 23.5. The molecule has 2 aliphatic rings. The molecular formula is C19H20F4N4O5. The number of hydrogen-bond acceptors (Lipinski definition) is 6. The van der Waals surface area contributed by atoms with E-state index in [1.165, 1.54) is 18.3 Å². The van der Waals surface area contributed by atoms with E-state index in [4.69, 9.17) is 19.4 Å². The highest BCUT2D eigenvalue weighted by Gasteiger charge is 2.48. The van der Waals surface area contributed by atoms with Crippen LogP contribution in [0.15, 0.2) is 30.6 Å². The molecule has 32 heavy (non-hydrogen) atoms. The Morgan fingerprint density at radius 3 is 2.66 bits per heavy atom. The third-order valence-electron chi connectivity index (χ3n) is 4.96. The summed E-state index contributed by atoms with van der Waals surface area (Å²) in [5, 5.41) is 11.3. The summed E-state index contributed by atoms with van der Waals surface area (Å²) in [6.45, 7) is 1.47. The van der Waals surface area contributed by atoms with Gasteiger partial charge in [0.05, 0.1) is 18.8 Å². The number of rotatable bonds is 3. The fraction of sp³-hybridized carbons (Fsp3) is 0.474. The molecule has 174 valence electrons. The number of aryl methyl sites for hydroxylation is 1. The van der Waals surface area contributed by atoms with Gasteiger partial charge in [0.25, 0.3) is 11.8 Å². The maximum Gasteiger partial charge on any atom is 0.490 e. The number of carbonyl (C=O) groups is 2. The summed E-state index contributed by atoms with van der Waals surface area (Å²) in [4.78, 5) is 27.1. The molecule has 2 saturated heterocycles. The van der Waals surface area contributed by atoms with E-state index in [2.05, 4.69) is 10.1 Å². The molecule has 1 amide bonds. The van der Waals surface area contributed by atoms with Crippen LogP contribution >= 0.6 is 0 Å². The van der Waals surface area contributed by atoms with Gasteiger partial charge in [0, 0.05) is 32.4 Å². The Morgan fingerprint density at radius 2 is 2.06 bits per heavy atom. The monoisotopic (exact) mass is 460 g/mol. The molecule has 13 heteroatoms. The van der Waals surface area contributed by atoms with Crippen molar-refractivity contribution < 1.29 is 41.7 Å². The highest BCUT2D eigenvalue weighted by atomic mass is 19.4. The maximum absolute atomic E-state index is 13.7. The number of aliphatic carboxylic acids is 1. The molecule has 2 atom stereocenters. The van der Waals surface area contributed by atoms with Crippen molar-refractivity contribution in [3.8, 4) is 5.88 Å². The molecule has 2 aromatic heterocycles. The second-order valence-electron chi connectivity index (χ2n) is 7.38. The van der Waals surface area contributed by atoms with E-state index in [1.807, 2.05) is 0 Å². The van der Waals surface area contributed by atoms with Gasteiger partial charge in [0.2, 0.25) is 0 Å². The van der Waals surface area contributed by atoms with E-state index in [1.54, 1.807) is 28.9 Å². The van der Waals surface area contributed by atoms with Gasteiger partial charge in [-0.15, -0.1) is 0 Å². The largest absolute Gasteiger partial charge is 0.490 e. The van der Waals surface area contributed by atoms with E-state index >= 15 is 0 Å². The van der Waals surface area contributed by atoms with Crippen molar-refractivity contribution in [1.29, 1.82) is 0 Å². The van der Waals surface area contributed by atoms with Gasteiger partial charge < -0.3 is 19.5 Å². The molecule has 9 nitrogen and oxygen atoms in total. The van der Waals surface area contributed by atoms with Crippen molar-refractivity contribution in [3.05, 3.63) is 42.1 Å². The standard InChI is InChI=1S/C17H19FN4O3.C2HF3O2/c1-21-7-4-14(20-21)16(23)22-8-5-17(11-22)9-12(10-24-17)25-15-13(18)3-2-6-19-15;3-2(4,5)1(6)7/h2-4,6-7,12H,5,8-11H2,1H3;(H,6,7)/t12-,17-;/m0./s1. The van der Waals surface area contributed by atoms with Gasteiger partial charge in [-0.3, -0.25) is 9.48 Å². The minimum Gasteiger partial charge on any atom is -0.475 e. The first-order valence-corrected chi connectivity index (χ1v) is 9.49. The van der Waals surface area contributed by atoms with Crippen LogP contribution in [0.25, 0.3) is 0 Å². The van der Waals surface area contributed by atoms with E-state index in [-0.39, 0.29) is 17.9 Å². The molecule has 4 heterocycles. The summed E-state index contributed by atoms with van der Waals surface area (Å²) < 4.78 is 58.6. The van der Waals surface area contributed by atoms with E-state index < -0.39 is 23.6 Å². The van der Waals surface area contributed by atoms with E-state index in [0.717, 1.165) is 6.42 Å². The smallest absolute Gasteiger partial charge is 0.475 e.